The lowest BCUT2D eigenvalue weighted by Crippen LogP contribution is -2.36. The van der Waals surface area contributed by atoms with Crippen LogP contribution in [0.3, 0.4) is 0 Å². The summed E-state index contributed by atoms with van der Waals surface area (Å²) in [6.07, 6.45) is 0.533. The van der Waals surface area contributed by atoms with Crippen LogP contribution < -0.4 is 9.46 Å². The second-order valence-electron chi connectivity index (χ2n) is 4.04. The summed E-state index contributed by atoms with van der Waals surface area (Å²) in [5.41, 5.74) is 0.748. The molecule has 0 saturated heterocycles. The van der Waals surface area contributed by atoms with Gasteiger partial charge >= 0.3 is 0 Å². The highest BCUT2D eigenvalue weighted by molar-refractivity contribution is 7.89. The van der Waals surface area contributed by atoms with Gasteiger partial charge in [-0.25, -0.2) is 13.1 Å². The van der Waals surface area contributed by atoms with Crippen molar-refractivity contribution in [1.29, 1.82) is 0 Å². The number of hydrogen-bond acceptors (Lipinski definition) is 4. The molecule has 0 unspecified atom stereocenters. The SMILES string of the molecule is CC[C@H](CO)NS(=O)(=O)c1ccc(OC)c(C)c1. The maximum atomic E-state index is 12.0. The molecule has 0 amide bonds. The van der Waals surface area contributed by atoms with Crippen molar-refractivity contribution in [2.75, 3.05) is 13.7 Å². The van der Waals surface area contributed by atoms with Gasteiger partial charge in [0.25, 0.3) is 0 Å². The minimum Gasteiger partial charge on any atom is -0.496 e. The normalized spacial score (nSPS) is 13.3. The highest BCUT2D eigenvalue weighted by atomic mass is 32.2. The second kappa shape index (κ2) is 6.17. The lowest BCUT2D eigenvalue weighted by Gasteiger charge is -2.15. The van der Waals surface area contributed by atoms with Gasteiger partial charge in [-0.15, -0.1) is 0 Å². The van der Waals surface area contributed by atoms with Crippen LogP contribution in [0.25, 0.3) is 0 Å². The van der Waals surface area contributed by atoms with Crippen LogP contribution in [0, 0.1) is 6.92 Å². The zero-order valence-electron chi connectivity index (χ0n) is 10.8. The van der Waals surface area contributed by atoms with E-state index in [1.54, 1.807) is 19.1 Å². The molecule has 5 nitrogen and oxygen atoms in total. The van der Waals surface area contributed by atoms with Crippen molar-refractivity contribution in [2.45, 2.75) is 31.2 Å². The van der Waals surface area contributed by atoms with E-state index in [4.69, 9.17) is 9.84 Å². The van der Waals surface area contributed by atoms with Crippen molar-refractivity contribution in [1.82, 2.24) is 4.72 Å². The van der Waals surface area contributed by atoms with E-state index in [2.05, 4.69) is 4.72 Å². The van der Waals surface area contributed by atoms with E-state index in [9.17, 15) is 8.42 Å². The van der Waals surface area contributed by atoms with Crippen molar-refractivity contribution < 1.29 is 18.3 Å². The third-order valence-electron chi connectivity index (χ3n) is 2.71. The topological polar surface area (TPSA) is 75.6 Å². The molecule has 0 saturated carbocycles. The van der Waals surface area contributed by atoms with Gasteiger partial charge in [-0.2, -0.15) is 0 Å². The van der Waals surface area contributed by atoms with Crippen LogP contribution in [0.1, 0.15) is 18.9 Å². The van der Waals surface area contributed by atoms with E-state index in [0.717, 1.165) is 5.56 Å². The fourth-order valence-corrected chi connectivity index (χ4v) is 2.95. The minimum atomic E-state index is -3.60. The van der Waals surface area contributed by atoms with Crippen molar-refractivity contribution in [3.8, 4) is 5.75 Å². The van der Waals surface area contributed by atoms with Gasteiger partial charge in [-0.3, -0.25) is 0 Å². The fourth-order valence-electron chi connectivity index (χ4n) is 1.56. The molecule has 0 heterocycles. The van der Waals surface area contributed by atoms with Crippen LogP contribution in [0.5, 0.6) is 5.75 Å². The zero-order chi connectivity index (χ0) is 13.8. The maximum absolute atomic E-state index is 12.0. The van der Waals surface area contributed by atoms with Gasteiger partial charge in [0.2, 0.25) is 10.0 Å². The van der Waals surface area contributed by atoms with Crippen LogP contribution in [0.4, 0.5) is 0 Å². The van der Waals surface area contributed by atoms with Crippen LogP contribution in [0.15, 0.2) is 23.1 Å². The number of methoxy groups -OCH3 is 1. The molecule has 0 aliphatic carbocycles. The largest absolute Gasteiger partial charge is 0.496 e. The number of aryl methyl sites for hydroxylation is 1. The Labute approximate surface area is 108 Å². The van der Waals surface area contributed by atoms with E-state index in [0.29, 0.717) is 12.2 Å². The van der Waals surface area contributed by atoms with Gasteiger partial charge in [0.05, 0.1) is 18.6 Å². The number of ether oxygens (including phenoxy) is 1. The Morgan fingerprint density at radius 3 is 2.56 bits per heavy atom. The first kappa shape index (κ1) is 14.9. The number of sulfonamides is 1. The van der Waals surface area contributed by atoms with Crippen molar-refractivity contribution >= 4 is 10.0 Å². The third-order valence-corrected chi connectivity index (χ3v) is 4.23. The Morgan fingerprint density at radius 1 is 1.44 bits per heavy atom. The highest BCUT2D eigenvalue weighted by Crippen LogP contribution is 2.21. The predicted molar refractivity (Wildman–Crippen MR) is 69.2 cm³/mol. The summed E-state index contributed by atoms with van der Waals surface area (Å²) in [5.74, 6) is 0.642. The fraction of sp³-hybridized carbons (Fsp3) is 0.500. The molecule has 102 valence electrons. The summed E-state index contributed by atoms with van der Waals surface area (Å²) in [6.45, 7) is 3.37. The highest BCUT2D eigenvalue weighted by Gasteiger charge is 2.19. The number of benzene rings is 1. The van der Waals surface area contributed by atoms with E-state index in [1.807, 2.05) is 6.92 Å². The molecule has 18 heavy (non-hydrogen) atoms. The first-order valence-corrected chi connectivity index (χ1v) is 7.20. The second-order valence-corrected chi connectivity index (χ2v) is 5.75. The Morgan fingerprint density at radius 2 is 2.11 bits per heavy atom. The standard InChI is InChI=1S/C12H19NO4S/c1-4-10(8-14)13-18(15,16)11-5-6-12(17-3)9(2)7-11/h5-7,10,13-14H,4,8H2,1-3H3/t10-/m1/s1. The molecule has 0 bridgehead atoms. The summed E-state index contributed by atoms with van der Waals surface area (Å²) in [4.78, 5) is 0.174. The van der Waals surface area contributed by atoms with E-state index in [-0.39, 0.29) is 11.5 Å². The Bertz CT molecular complexity index is 495. The smallest absolute Gasteiger partial charge is 0.240 e. The predicted octanol–water partition coefficient (Wildman–Crippen LogP) is 1.05. The molecule has 0 spiro atoms. The Hall–Kier alpha value is -1.11. The van der Waals surface area contributed by atoms with Crippen LogP contribution in [0.2, 0.25) is 0 Å². The van der Waals surface area contributed by atoms with Crippen LogP contribution in [-0.4, -0.2) is 33.3 Å². The molecule has 2 N–H and O–H groups in total. The minimum absolute atomic E-state index is 0.174. The number of rotatable bonds is 6. The van der Waals surface area contributed by atoms with Crippen molar-refractivity contribution in [2.24, 2.45) is 0 Å². The lowest BCUT2D eigenvalue weighted by molar-refractivity contribution is 0.254. The Balaban J connectivity index is 3.02. The molecular weight excluding hydrogens is 254 g/mol. The molecule has 1 rings (SSSR count). The van der Waals surface area contributed by atoms with Crippen molar-refractivity contribution in [3.05, 3.63) is 23.8 Å². The molecule has 0 aliphatic heterocycles. The van der Waals surface area contributed by atoms with Crippen LogP contribution >= 0.6 is 0 Å². The summed E-state index contributed by atoms with van der Waals surface area (Å²) in [5, 5.41) is 9.03. The first-order chi connectivity index (χ1) is 8.44. The molecule has 1 atom stereocenters. The molecular formula is C12H19NO4S. The first-order valence-electron chi connectivity index (χ1n) is 5.72. The number of aliphatic hydroxyl groups is 1. The average Bonchev–Trinajstić information content (AvgIpc) is 2.35. The van der Waals surface area contributed by atoms with E-state index >= 15 is 0 Å². The van der Waals surface area contributed by atoms with Gasteiger partial charge in [0.1, 0.15) is 5.75 Å². The molecule has 0 fully saturated rings. The maximum Gasteiger partial charge on any atom is 0.240 e. The summed E-state index contributed by atoms with van der Waals surface area (Å²) in [7, 11) is -2.06. The summed E-state index contributed by atoms with van der Waals surface area (Å²) in [6, 6.07) is 4.19. The van der Waals surface area contributed by atoms with Crippen molar-refractivity contribution in [3.63, 3.8) is 0 Å². The molecule has 1 aromatic rings. The van der Waals surface area contributed by atoms with Gasteiger partial charge in [-0.05, 0) is 37.1 Å². The van der Waals surface area contributed by atoms with Crippen LogP contribution in [-0.2, 0) is 10.0 Å². The molecule has 6 heteroatoms. The van der Waals surface area contributed by atoms with Gasteiger partial charge in [-0.1, -0.05) is 6.92 Å². The molecule has 1 aromatic carbocycles. The monoisotopic (exact) mass is 273 g/mol. The van der Waals surface area contributed by atoms with Gasteiger partial charge < -0.3 is 9.84 Å². The molecule has 0 radical (unpaired) electrons. The number of nitrogens with one attached hydrogen (secondary N) is 1. The summed E-state index contributed by atoms with van der Waals surface area (Å²) >= 11 is 0. The summed E-state index contributed by atoms with van der Waals surface area (Å²) < 4.78 is 31.6. The van der Waals surface area contributed by atoms with Gasteiger partial charge in [0, 0.05) is 6.04 Å². The average molecular weight is 273 g/mol. The number of hydrogen-bond donors (Lipinski definition) is 2. The van der Waals surface area contributed by atoms with E-state index in [1.165, 1.54) is 13.2 Å². The molecule has 0 aromatic heterocycles. The Kier molecular flexibility index (Phi) is 5.13. The van der Waals surface area contributed by atoms with E-state index < -0.39 is 16.1 Å². The molecule has 0 aliphatic rings. The quantitative estimate of drug-likeness (QED) is 0.812. The van der Waals surface area contributed by atoms with Gasteiger partial charge in [0.15, 0.2) is 0 Å². The lowest BCUT2D eigenvalue weighted by atomic mass is 10.2. The zero-order valence-corrected chi connectivity index (χ0v) is 11.6. The number of aliphatic hydroxyl groups excluding tert-OH is 1. The third kappa shape index (κ3) is 3.44.